The van der Waals surface area contributed by atoms with E-state index in [0.29, 0.717) is 24.0 Å². The molecule has 1 N–H and O–H groups in total. The van der Waals surface area contributed by atoms with Gasteiger partial charge in [0, 0.05) is 17.3 Å². The van der Waals surface area contributed by atoms with Gasteiger partial charge in [0.05, 0.1) is 6.04 Å². The molecule has 0 saturated carbocycles. The van der Waals surface area contributed by atoms with Gasteiger partial charge in [-0.25, -0.2) is 4.98 Å². The molecule has 0 saturated heterocycles. The zero-order valence-corrected chi connectivity index (χ0v) is 13.6. The Hall–Kier alpha value is -1.84. The van der Waals surface area contributed by atoms with Crippen molar-refractivity contribution in [2.24, 2.45) is 0 Å². The number of hydrogen-bond donors (Lipinski definition) is 1. The number of nitriles is 1. The fraction of sp³-hybridized carbons (Fsp3) is 0.467. The molecule has 0 unspecified atom stereocenters. The van der Waals surface area contributed by atoms with Crippen LogP contribution in [0.2, 0.25) is 0 Å². The fourth-order valence-corrected chi connectivity index (χ4v) is 2.91. The first-order valence-electron chi connectivity index (χ1n) is 6.87. The van der Waals surface area contributed by atoms with Crippen molar-refractivity contribution in [2.45, 2.75) is 25.8 Å². The molecule has 6 heteroatoms. The van der Waals surface area contributed by atoms with Crippen LogP contribution in [-0.4, -0.2) is 30.5 Å². The van der Waals surface area contributed by atoms with Crippen LogP contribution in [0.1, 0.15) is 42.3 Å². The van der Waals surface area contributed by atoms with Gasteiger partial charge in [-0.15, -0.1) is 11.3 Å². The van der Waals surface area contributed by atoms with Crippen molar-refractivity contribution in [1.29, 1.82) is 5.26 Å². The maximum atomic E-state index is 9.15. The van der Waals surface area contributed by atoms with Crippen molar-refractivity contribution in [3.05, 3.63) is 34.0 Å². The quantitative estimate of drug-likeness (QED) is 0.885. The van der Waals surface area contributed by atoms with Gasteiger partial charge < -0.3 is 14.6 Å². The molecule has 0 fully saturated rings. The van der Waals surface area contributed by atoms with E-state index in [4.69, 9.17) is 9.68 Å². The van der Waals surface area contributed by atoms with Gasteiger partial charge in [-0.2, -0.15) is 5.26 Å². The van der Waals surface area contributed by atoms with Gasteiger partial charge in [-0.1, -0.05) is 19.9 Å². The van der Waals surface area contributed by atoms with Gasteiger partial charge in [0.25, 0.3) is 0 Å². The van der Waals surface area contributed by atoms with E-state index in [-0.39, 0.29) is 12.0 Å². The molecule has 5 nitrogen and oxygen atoms in total. The summed E-state index contributed by atoms with van der Waals surface area (Å²) in [5.41, 5.74) is 0.322. The van der Waals surface area contributed by atoms with Crippen LogP contribution in [0.5, 0.6) is 0 Å². The van der Waals surface area contributed by atoms with E-state index in [1.54, 1.807) is 11.3 Å². The Morgan fingerprint density at radius 2 is 2.24 bits per heavy atom. The number of nitrogens with one attached hydrogen (secondary N) is 1. The van der Waals surface area contributed by atoms with Crippen LogP contribution in [0, 0.1) is 11.3 Å². The van der Waals surface area contributed by atoms with E-state index >= 15 is 0 Å². The molecular formula is C15H20N4OS. The summed E-state index contributed by atoms with van der Waals surface area (Å²) in [7, 11) is 4.08. The first-order chi connectivity index (χ1) is 10.0. The molecule has 2 heterocycles. The lowest BCUT2D eigenvalue weighted by Gasteiger charge is -2.23. The third-order valence-electron chi connectivity index (χ3n) is 3.19. The molecular weight excluding hydrogens is 284 g/mol. The normalized spacial score (nSPS) is 12.6. The molecule has 0 bridgehead atoms. The van der Waals surface area contributed by atoms with E-state index in [9.17, 15) is 0 Å². The molecule has 0 spiro atoms. The van der Waals surface area contributed by atoms with E-state index in [0.717, 1.165) is 0 Å². The summed E-state index contributed by atoms with van der Waals surface area (Å²) < 4.78 is 5.65. The molecule has 0 aliphatic rings. The van der Waals surface area contributed by atoms with Crippen molar-refractivity contribution in [1.82, 2.24) is 9.88 Å². The number of aromatic nitrogens is 1. The highest BCUT2D eigenvalue weighted by Crippen LogP contribution is 2.26. The second-order valence-corrected chi connectivity index (χ2v) is 6.35. The summed E-state index contributed by atoms with van der Waals surface area (Å²) in [6, 6.07) is 6.46. The largest absolute Gasteiger partial charge is 0.424 e. The highest BCUT2D eigenvalue weighted by Gasteiger charge is 2.19. The summed E-state index contributed by atoms with van der Waals surface area (Å²) in [6.45, 7) is 4.64. The Morgan fingerprint density at radius 1 is 1.48 bits per heavy atom. The second kappa shape index (κ2) is 6.74. The van der Waals surface area contributed by atoms with E-state index in [2.05, 4.69) is 32.7 Å². The van der Waals surface area contributed by atoms with Crippen LogP contribution < -0.4 is 5.32 Å². The molecule has 2 aromatic rings. The summed E-state index contributed by atoms with van der Waals surface area (Å²) in [5, 5.41) is 14.4. The number of nitrogens with zero attached hydrogens (tertiary/aromatic N) is 3. The predicted octanol–water partition coefficient (Wildman–Crippen LogP) is 3.45. The van der Waals surface area contributed by atoms with Crippen LogP contribution in [0.15, 0.2) is 21.9 Å². The standard InChI is InChI=1S/C15H20N4OS/c1-10(2)14-18-11(8-16)15(20-14)17-9-12(19(3)4)13-6-5-7-21-13/h5-7,10,12,17H,9H2,1-4H3/t12-/m0/s1. The van der Waals surface area contributed by atoms with Crippen molar-refractivity contribution in [2.75, 3.05) is 26.0 Å². The first kappa shape index (κ1) is 15.5. The van der Waals surface area contributed by atoms with Crippen LogP contribution in [0.4, 0.5) is 5.88 Å². The molecule has 0 amide bonds. The molecule has 1 atom stereocenters. The lowest BCUT2D eigenvalue weighted by molar-refractivity contribution is 0.314. The lowest BCUT2D eigenvalue weighted by Crippen LogP contribution is -2.26. The summed E-state index contributed by atoms with van der Waals surface area (Å²) in [6.07, 6.45) is 0. The molecule has 21 heavy (non-hydrogen) atoms. The highest BCUT2D eigenvalue weighted by molar-refractivity contribution is 7.10. The number of hydrogen-bond acceptors (Lipinski definition) is 6. The van der Waals surface area contributed by atoms with E-state index in [1.807, 2.05) is 34.0 Å². The van der Waals surface area contributed by atoms with Gasteiger partial charge in [-0.05, 0) is 25.5 Å². The third-order valence-corrected chi connectivity index (χ3v) is 4.17. The van der Waals surface area contributed by atoms with Crippen LogP contribution in [0.3, 0.4) is 0 Å². The molecule has 0 radical (unpaired) electrons. The zero-order chi connectivity index (χ0) is 15.4. The van der Waals surface area contributed by atoms with Crippen molar-refractivity contribution < 1.29 is 4.42 Å². The molecule has 0 aromatic carbocycles. The molecule has 112 valence electrons. The van der Waals surface area contributed by atoms with Crippen LogP contribution >= 0.6 is 11.3 Å². The fourth-order valence-electron chi connectivity index (χ4n) is 1.99. The van der Waals surface area contributed by atoms with Crippen molar-refractivity contribution in [3.63, 3.8) is 0 Å². The maximum absolute atomic E-state index is 9.15. The molecule has 0 aliphatic carbocycles. The minimum absolute atomic E-state index is 0.162. The van der Waals surface area contributed by atoms with Crippen LogP contribution in [0.25, 0.3) is 0 Å². The topological polar surface area (TPSA) is 65.1 Å². The average Bonchev–Trinajstić information content (AvgIpc) is 3.07. The minimum atomic E-state index is 0.162. The highest BCUT2D eigenvalue weighted by atomic mass is 32.1. The second-order valence-electron chi connectivity index (χ2n) is 5.37. The zero-order valence-electron chi connectivity index (χ0n) is 12.8. The maximum Gasteiger partial charge on any atom is 0.232 e. The Bertz CT molecular complexity index is 610. The number of rotatable bonds is 6. The van der Waals surface area contributed by atoms with Crippen LogP contribution in [-0.2, 0) is 0 Å². The van der Waals surface area contributed by atoms with Gasteiger partial charge in [0.2, 0.25) is 17.5 Å². The predicted molar refractivity (Wildman–Crippen MR) is 84.5 cm³/mol. The summed E-state index contributed by atoms with van der Waals surface area (Å²) >= 11 is 1.72. The Morgan fingerprint density at radius 3 is 2.76 bits per heavy atom. The lowest BCUT2D eigenvalue weighted by atomic mass is 10.2. The smallest absolute Gasteiger partial charge is 0.232 e. The van der Waals surface area contributed by atoms with Gasteiger partial charge >= 0.3 is 0 Å². The van der Waals surface area contributed by atoms with Gasteiger partial charge in [0.15, 0.2) is 0 Å². The number of anilines is 1. The molecule has 2 aromatic heterocycles. The first-order valence-corrected chi connectivity index (χ1v) is 7.75. The SMILES string of the molecule is CC(C)c1nc(C#N)c(NC[C@@H](c2cccs2)N(C)C)o1. The van der Waals surface area contributed by atoms with E-state index < -0.39 is 0 Å². The average molecular weight is 304 g/mol. The number of likely N-dealkylation sites (N-methyl/N-ethyl adjacent to an activating group) is 1. The number of thiophene rings is 1. The minimum Gasteiger partial charge on any atom is -0.424 e. The Kier molecular flexibility index (Phi) is 4.99. The monoisotopic (exact) mass is 304 g/mol. The Labute approximate surface area is 129 Å². The molecule has 2 rings (SSSR count). The van der Waals surface area contributed by atoms with Crippen molar-refractivity contribution >= 4 is 17.2 Å². The van der Waals surface area contributed by atoms with Gasteiger partial charge in [-0.3, -0.25) is 0 Å². The Balaban J connectivity index is 2.13. The molecule has 0 aliphatic heterocycles. The third kappa shape index (κ3) is 3.63. The van der Waals surface area contributed by atoms with Gasteiger partial charge in [0.1, 0.15) is 6.07 Å². The summed E-state index contributed by atoms with van der Waals surface area (Å²) in [5.74, 6) is 1.21. The van der Waals surface area contributed by atoms with Crippen molar-refractivity contribution in [3.8, 4) is 6.07 Å². The summed E-state index contributed by atoms with van der Waals surface area (Å²) in [4.78, 5) is 7.63. The number of oxazole rings is 1. The van der Waals surface area contributed by atoms with E-state index in [1.165, 1.54) is 4.88 Å².